The van der Waals surface area contributed by atoms with Gasteiger partial charge in [-0.3, -0.25) is 4.90 Å². The van der Waals surface area contributed by atoms with E-state index in [1.54, 1.807) is 18.5 Å². The summed E-state index contributed by atoms with van der Waals surface area (Å²) in [5.74, 6) is 0.777. The van der Waals surface area contributed by atoms with Crippen LogP contribution in [0.25, 0.3) is 0 Å². The Balaban J connectivity index is 0.00000182. The minimum absolute atomic E-state index is 0. The Morgan fingerprint density at radius 3 is 2.88 bits per heavy atom. The summed E-state index contributed by atoms with van der Waals surface area (Å²) in [5, 5.41) is 2.21. The number of hydrogen-bond acceptors (Lipinski definition) is 5. The van der Waals surface area contributed by atoms with E-state index in [1.807, 2.05) is 23.5 Å². The minimum atomic E-state index is 0. The van der Waals surface area contributed by atoms with E-state index in [1.165, 1.54) is 16.0 Å². The van der Waals surface area contributed by atoms with E-state index in [4.69, 9.17) is 4.74 Å². The normalized spacial score (nSPS) is 16.8. The number of ether oxygens (including phenoxy) is 1. The third kappa shape index (κ3) is 4.00. The average Bonchev–Trinajstić information content (AvgIpc) is 3.08. The van der Waals surface area contributed by atoms with Crippen molar-refractivity contribution in [1.29, 1.82) is 0 Å². The van der Waals surface area contributed by atoms with E-state index in [-0.39, 0.29) is 12.4 Å². The summed E-state index contributed by atoms with van der Waals surface area (Å²) in [7, 11) is 0. The van der Waals surface area contributed by atoms with Gasteiger partial charge in [-0.25, -0.2) is 9.97 Å². The molecule has 0 saturated heterocycles. The highest BCUT2D eigenvalue weighted by Gasteiger charge is 2.24. The monoisotopic (exact) mass is 373 g/mol. The fraction of sp³-hybridized carbons (Fsp3) is 0.263. The van der Waals surface area contributed by atoms with Crippen molar-refractivity contribution in [2.75, 3.05) is 6.54 Å². The lowest BCUT2D eigenvalue weighted by Gasteiger charge is -2.33. The molecule has 0 saturated carbocycles. The molecular formula is C19H20ClN3OS. The van der Waals surface area contributed by atoms with Crippen LogP contribution in [0.3, 0.4) is 0 Å². The highest BCUT2D eigenvalue weighted by Crippen LogP contribution is 2.34. The molecule has 0 radical (unpaired) electrons. The van der Waals surface area contributed by atoms with Crippen molar-refractivity contribution in [3.05, 3.63) is 70.2 Å². The Bertz CT molecular complexity index is 824. The second-order valence-corrected chi connectivity index (χ2v) is 6.98. The van der Waals surface area contributed by atoms with Crippen LogP contribution in [0.1, 0.15) is 29.0 Å². The maximum Gasteiger partial charge on any atom is 0.321 e. The van der Waals surface area contributed by atoms with Gasteiger partial charge in [0.2, 0.25) is 0 Å². The topological polar surface area (TPSA) is 38.2 Å². The first-order chi connectivity index (χ1) is 11.8. The van der Waals surface area contributed by atoms with Gasteiger partial charge in [0.25, 0.3) is 0 Å². The van der Waals surface area contributed by atoms with Gasteiger partial charge < -0.3 is 4.74 Å². The molecule has 1 atom stereocenters. The quantitative estimate of drug-likeness (QED) is 0.653. The summed E-state index contributed by atoms with van der Waals surface area (Å²) in [4.78, 5) is 12.3. The van der Waals surface area contributed by atoms with E-state index in [0.29, 0.717) is 12.1 Å². The molecule has 1 aliphatic rings. The third-order valence-electron chi connectivity index (χ3n) is 4.44. The first kappa shape index (κ1) is 17.9. The van der Waals surface area contributed by atoms with Crippen LogP contribution in [0, 0.1) is 0 Å². The first-order valence-corrected chi connectivity index (χ1v) is 9.02. The number of fused-ring (bicyclic) bond motifs is 1. The number of hydrogen-bond donors (Lipinski definition) is 0. The zero-order valence-electron chi connectivity index (χ0n) is 14.0. The van der Waals surface area contributed by atoms with Crippen molar-refractivity contribution in [3.8, 4) is 11.8 Å². The summed E-state index contributed by atoms with van der Waals surface area (Å²) in [6, 6.07) is 13.1. The molecule has 130 valence electrons. The van der Waals surface area contributed by atoms with Crippen molar-refractivity contribution in [2.45, 2.75) is 25.9 Å². The van der Waals surface area contributed by atoms with E-state index in [9.17, 15) is 0 Å². The molecule has 0 bridgehead atoms. The molecule has 3 heterocycles. The molecule has 0 N–H and O–H groups in total. The van der Waals surface area contributed by atoms with Crippen LogP contribution in [0.4, 0.5) is 0 Å². The Morgan fingerprint density at radius 1 is 1.20 bits per heavy atom. The molecule has 25 heavy (non-hydrogen) atoms. The van der Waals surface area contributed by atoms with E-state index < -0.39 is 0 Å². The van der Waals surface area contributed by atoms with Gasteiger partial charge in [-0.2, -0.15) is 0 Å². The van der Waals surface area contributed by atoms with Crippen LogP contribution in [0.15, 0.2) is 54.2 Å². The van der Waals surface area contributed by atoms with Crippen molar-refractivity contribution in [2.24, 2.45) is 0 Å². The smallest absolute Gasteiger partial charge is 0.321 e. The number of benzene rings is 1. The van der Waals surface area contributed by atoms with Gasteiger partial charge in [-0.05, 0) is 54.1 Å². The van der Waals surface area contributed by atoms with Crippen molar-refractivity contribution in [1.82, 2.24) is 14.9 Å². The van der Waals surface area contributed by atoms with Gasteiger partial charge in [0.1, 0.15) is 5.75 Å². The predicted octanol–water partition coefficient (Wildman–Crippen LogP) is 4.87. The number of nitrogens with zero attached hydrogens (tertiary/aromatic N) is 3. The Kier molecular flexibility index (Phi) is 5.68. The molecule has 0 aliphatic carbocycles. The zero-order chi connectivity index (χ0) is 16.4. The molecule has 0 fully saturated rings. The maximum atomic E-state index is 5.74. The lowest BCUT2D eigenvalue weighted by Crippen LogP contribution is -2.32. The van der Waals surface area contributed by atoms with Crippen LogP contribution in [0.2, 0.25) is 0 Å². The second-order valence-electron chi connectivity index (χ2n) is 5.98. The number of rotatable bonds is 4. The molecule has 3 aromatic rings. The largest absolute Gasteiger partial charge is 0.424 e. The van der Waals surface area contributed by atoms with E-state index in [2.05, 4.69) is 45.4 Å². The van der Waals surface area contributed by atoms with Crippen molar-refractivity contribution >= 4 is 23.7 Å². The average molecular weight is 374 g/mol. The van der Waals surface area contributed by atoms with Crippen LogP contribution in [-0.2, 0) is 13.0 Å². The number of thiophene rings is 1. The Hall–Kier alpha value is -1.95. The van der Waals surface area contributed by atoms with Crippen molar-refractivity contribution < 1.29 is 4.74 Å². The fourth-order valence-electron chi connectivity index (χ4n) is 3.16. The van der Waals surface area contributed by atoms with E-state index >= 15 is 0 Å². The second kappa shape index (κ2) is 7.95. The van der Waals surface area contributed by atoms with Gasteiger partial charge in [0.05, 0.1) is 0 Å². The molecule has 6 heteroatoms. The lowest BCUT2D eigenvalue weighted by molar-refractivity contribution is 0.191. The van der Waals surface area contributed by atoms with Crippen molar-refractivity contribution in [3.63, 3.8) is 0 Å². The third-order valence-corrected chi connectivity index (χ3v) is 5.44. The Labute approximate surface area is 157 Å². The molecule has 4 rings (SSSR count). The predicted molar refractivity (Wildman–Crippen MR) is 103 cm³/mol. The fourth-order valence-corrected chi connectivity index (χ4v) is 4.13. The summed E-state index contributed by atoms with van der Waals surface area (Å²) < 4.78 is 5.74. The Morgan fingerprint density at radius 2 is 2.04 bits per heavy atom. The van der Waals surface area contributed by atoms with Crippen LogP contribution < -0.4 is 4.74 Å². The standard InChI is InChI=1S/C19H19N3OS.ClH/c1-14-17-7-11-24-18(17)6-10-22(14)13-15-4-2-5-16(12-15)23-19-20-8-3-9-21-19;/h2-5,7-9,11-12,14H,6,10,13H2,1H3;1H. The highest BCUT2D eigenvalue weighted by molar-refractivity contribution is 7.10. The van der Waals surface area contributed by atoms with Gasteiger partial charge in [0, 0.05) is 36.4 Å². The van der Waals surface area contributed by atoms with Gasteiger partial charge in [-0.1, -0.05) is 12.1 Å². The van der Waals surface area contributed by atoms with Crippen LogP contribution in [-0.4, -0.2) is 21.4 Å². The lowest BCUT2D eigenvalue weighted by atomic mass is 10.0. The summed E-state index contributed by atoms with van der Waals surface area (Å²) >= 11 is 1.88. The molecular weight excluding hydrogens is 354 g/mol. The summed E-state index contributed by atoms with van der Waals surface area (Å²) in [5.41, 5.74) is 2.73. The van der Waals surface area contributed by atoms with Crippen LogP contribution in [0.5, 0.6) is 11.8 Å². The molecule has 0 amide bonds. The zero-order valence-corrected chi connectivity index (χ0v) is 15.6. The van der Waals surface area contributed by atoms with Gasteiger partial charge in [-0.15, -0.1) is 23.7 Å². The minimum Gasteiger partial charge on any atom is -0.424 e. The van der Waals surface area contributed by atoms with Gasteiger partial charge >= 0.3 is 6.01 Å². The SMILES string of the molecule is CC1c2ccsc2CCN1Cc1cccc(Oc2ncccn2)c1.Cl. The maximum absolute atomic E-state index is 5.74. The number of halogens is 1. The van der Waals surface area contributed by atoms with Gasteiger partial charge in [0.15, 0.2) is 0 Å². The molecule has 4 nitrogen and oxygen atoms in total. The molecule has 1 unspecified atom stereocenters. The molecule has 2 aromatic heterocycles. The molecule has 0 spiro atoms. The first-order valence-electron chi connectivity index (χ1n) is 8.14. The molecule has 1 aromatic carbocycles. The van der Waals surface area contributed by atoms with E-state index in [0.717, 1.165) is 25.3 Å². The summed E-state index contributed by atoms with van der Waals surface area (Å²) in [6.07, 6.45) is 4.51. The van der Waals surface area contributed by atoms with Crippen LogP contribution >= 0.6 is 23.7 Å². The summed E-state index contributed by atoms with van der Waals surface area (Å²) in [6.45, 7) is 4.31. The highest BCUT2D eigenvalue weighted by atomic mass is 35.5. The number of aromatic nitrogens is 2. The molecule has 1 aliphatic heterocycles.